The minimum atomic E-state index is -3.00. The number of ether oxygens (including phenoxy) is 1. The van der Waals surface area contributed by atoms with E-state index in [1.807, 2.05) is 11.8 Å². The number of carbonyl (C=O) groups excluding carboxylic acids is 1. The second kappa shape index (κ2) is 11.0. The SMILES string of the molecule is C[C@@H]1CN(c2ccc(-c3cc4c(cc3F)c(=O)n(C)n4Cc3ccccc3OC(F)F)cn2)CCN1C(=O)CO. The van der Waals surface area contributed by atoms with Gasteiger partial charge in [-0.15, -0.1) is 0 Å². The third-order valence-electron chi connectivity index (χ3n) is 7.22. The van der Waals surface area contributed by atoms with Crippen molar-refractivity contribution in [2.24, 2.45) is 7.05 Å². The molecule has 0 aliphatic carbocycles. The number of piperazine rings is 1. The van der Waals surface area contributed by atoms with Crippen molar-refractivity contribution in [3.8, 4) is 16.9 Å². The Kier molecular flexibility index (Phi) is 7.53. The van der Waals surface area contributed by atoms with Crippen LogP contribution in [0.1, 0.15) is 12.5 Å². The maximum Gasteiger partial charge on any atom is 0.387 e. The molecule has 1 amide bonds. The van der Waals surface area contributed by atoms with Gasteiger partial charge in [0.05, 0.1) is 17.4 Å². The molecule has 0 radical (unpaired) electrons. The molecule has 2 aromatic heterocycles. The standard InChI is InChI=1S/C28H28F3N5O4/c1-17-14-34(9-10-35(17)26(38)16-37)25-8-7-18(13-32-25)20-12-23-21(11-22(20)29)27(39)33(2)36(23)15-19-5-3-4-6-24(19)40-28(30)31/h3-8,11-13,17,28,37H,9-10,14-16H2,1-2H3/t17-/m1/s1. The molecule has 1 N–H and O–H groups in total. The van der Waals surface area contributed by atoms with Crippen LogP contribution < -0.4 is 15.2 Å². The van der Waals surface area contributed by atoms with E-state index >= 15 is 4.39 Å². The highest BCUT2D eigenvalue weighted by atomic mass is 19.3. The largest absolute Gasteiger partial charge is 0.434 e. The number of halogens is 3. The summed E-state index contributed by atoms with van der Waals surface area (Å²) in [5, 5.41) is 9.32. The number of aliphatic hydroxyl groups is 1. The minimum absolute atomic E-state index is 0.00944. The summed E-state index contributed by atoms with van der Waals surface area (Å²) < 4.78 is 48.7. The van der Waals surface area contributed by atoms with E-state index in [-0.39, 0.29) is 35.2 Å². The van der Waals surface area contributed by atoms with Crippen molar-refractivity contribution in [3.63, 3.8) is 0 Å². The maximum absolute atomic E-state index is 15.3. The van der Waals surface area contributed by atoms with E-state index in [1.165, 1.54) is 23.9 Å². The number of hydrogen-bond acceptors (Lipinski definition) is 6. The molecule has 0 unspecified atom stereocenters. The first kappa shape index (κ1) is 27.3. The fourth-order valence-corrected chi connectivity index (χ4v) is 5.17. The molecule has 1 aliphatic heterocycles. The van der Waals surface area contributed by atoms with Crippen LogP contribution >= 0.6 is 0 Å². The van der Waals surface area contributed by atoms with Crippen LogP contribution in [-0.4, -0.2) is 69.2 Å². The van der Waals surface area contributed by atoms with Gasteiger partial charge in [0, 0.05) is 55.6 Å². The molecule has 2 aromatic carbocycles. The highest BCUT2D eigenvalue weighted by Gasteiger charge is 2.27. The molecular weight excluding hydrogens is 527 g/mol. The topological polar surface area (TPSA) is 92.8 Å². The number of anilines is 1. The number of aliphatic hydroxyl groups excluding tert-OH is 1. The summed E-state index contributed by atoms with van der Waals surface area (Å²) in [7, 11) is 1.53. The molecule has 0 bridgehead atoms. The molecule has 9 nitrogen and oxygen atoms in total. The average Bonchev–Trinajstić information content (AvgIpc) is 3.17. The summed E-state index contributed by atoms with van der Waals surface area (Å²) in [4.78, 5) is 33.0. The van der Waals surface area contributed by atoms with Gasteiger partial charge in [-0.25, -0.2) is 9.37 Å². The molecule has 3 heterocycles. The third-order valence-corrected chi connectivity index (χ3v) is 7.22. The summed E-state index contributed by atoms with van der Waals surface area (Å²) in [5.74, 6) is -0.251. The number of benzene rings is 2. The summed E-state index contributed by atoms with van der Waals surface area (Å²) in [6, 6.07) is 12.4. The maximum atomic E-state index is 15.3. The van der Waals surface area contributed by atoms with Crippen molar-refractivity contribution in [2.45, 2.75) is 26.1 Å². The lowest BCUT2D eigenvalue weighted by Gasteiger charge is -2.40. The quantitative estimate of drug-likeness (QED) is 0.377. The number of fused-ring (bicyclic) bond motifs is 1. The van der Waals surface area contributed by atoms with E-state index in [0.29, 0.717) is 42.1 Å². The average molecular weight is 556 g/mol. The second-order valence-electron chi connectivity index (χ2n) is 9.67. The number of rotatable bonds is 7. The van der Waals surface area contributed by atoms with E-state index in [0.717, 1.165) is 0 Å². The Labute approximate surface area is 227 Å². The number of para-hydroxylation sites is 1. The fraction of sp³-hybridized carbons (Fsp3) is 0.321. The molecule has 1 fully saturated rings. The zero-order valence-corrected chi connectivity index (χ0v) is 21.9. The highest BCUT2D eigenvalue weighted by Crippen LogP contribution is 2.29. The van der Waals surface area contributed by atoms with Gasteiger partial charge < -0.3 is 19.6 Å². The molecule has 0 spiro atoms. The number of nitrogens with zero attached hydrogens (tertiary/aromatic N) is 5. The van der Waals surface area contributed by atoms with E-state index in [9.17, 15) is 18.4 Å². The van der Waals surface area contributed by atoms with Gasteiger partial charge >= 0.3 is 6.61 Å². The summed E-state index contributed by atoms with van der Waals surface area (Å²) >= 11 is 0. The normalized spacial score (nSPS) is 15.7. The minimum Gasteiger partial charge on any atom is -0.434 e. The van der Waals surface area contributed by atoms with Crippen LogP contribution in [0.4, 0.5) is 19.0 Å². The first-order valence-electron chi connectivity index (χ1n) is 12.7. The van der Waals surface area contributed by atoms with Gasteiger partial charge in [0.2, 0.25) is 5.91 Å². The van der Waals surface area contributed by atoms with Crippen LogP contribution in [0, 0.1) is 5.82 Å². The Balaban J connectivity index is 1.46. The number of carbonyl (C=O) groups is 1. The van der Waals surface area contributed by atoms with Crippen LogP contribution in [0.2, 0.25) is 0 Å². The van der Waals surface area contributed by atoms with Crippen molar-refractivity contribution >= 4 is 22.6 Å². The summed E-state index contributed by atoms with van der Waals surface area (Å²) in [6.45, 7) is -0.0662. The van der Waals surface area contributed by atoms with Gasteiger partial charge in [-0.3, -0.25) is 19.0 Å². The van der Waals surface area contributed by atoms with Gasteiger partial charge in [-0.05, 0) is 37.3 Å². The van der Waals surface area contributed by atoms with Crippen LogP contribution in [-0.2, 0) is 18.4 Å². The first-order chi connectivity index (χ1) is 19.2. The Morgan fingerprint density at radius 1 is 1.18 bits per heavy atom. The smallest absolute Gasteiger partial charge is 0.387 e. The van der Waals surface area contributed by atoms with Gasteiger partial charge in [-0.1, -0.05) is 18.2 Å². The van der Waals surface area contributed by atoms with Crippen molar-refractivity contribution in [2.75, 3.05) is 31.1 Å². The van der Waals surface area contributed by atoms with Gasteiger partial charge in [0.1, 0.15) is 24.0 Å². The van der Waals surface area contributed by atoms with E-state index in [1.54, 1.807) is 52.2 Å². The second-order valence-corrected chi connectivity index (χ2v) is 9.67. The fourth-order valence-electron chi connectivity index (χ4n) is 5.17. The lowest BCUT2D eigenvalue weighted by atomic mass is 10.0. The van der Waals surface area contributed by atoms with Crippen molar-refractivity contribution in [1.29, 1.82) is 0 Å². The van der Waals surface area contributed by atoms with Crippen LogP contribution in [0.5, 0.6) is 5.75 Å². The third kappa shape index (κ3) is 5.14. The summed E-state index contributed by atoms with van der Waals surface area (Å²) in [6.07, 6.45) is 1.55. The number of pyridine rings is 1. The Morgan fingerprint density at radius 2 is 1.95 bits per heavy atom. The predicted molar refractivity (Wildman–Crippen MR) is 143 cm³/mol. The van der Waals surface area contributed by atoms with Crippen LogP contribution in [0.3, 0.4) is 0 Å². The molecule has 1 aliphatic rings. The zero-order chi connectivity index (χ0) is 28.6. The zero-order valence-electron chi connectivity index (χ0n) is 21.9. The summed E-state index contributed by atoms with van der Waals surface area (Å²) in [5.41, 5.74) is 1.17. The molecule has 0 saturated carbocycles. The Bertz CT molecular complexity index is 1600. The van der Waals surface area contributed by atoms with Crippen LogP contribution in [0.15, 0.2) is 59.5 Å². The number of hydrogen-bond donors (Lipinski definition) is 1. The monoisotopic (exact) mass is 555 g/mol. The number of alkyl halides is 2. The Hall–Kier alpha value is -4.32. The lowest BCUT2D eigenvalue weighted by molar-refractivity contribution is -0.136. The number of aromatic nitrogens is 3. The molecule has 1 atom stereocenters. The molecule has 12 heteroatoms. The molecule has 210 valence electrons. The molecule has 5 rings (SSSR count). The molecular formula is C28H28F3N5O4. The van der Waals surface area contributed by atoms with Crippen molar-refractivity contribution in [3.05, 3.63) is 76.5 Å². The van der Waals surface area contributed by atoms with E-state index in [4.69, 9.17) is 5.11 Å². The van der Waals surface area contributed by atoms with Crippen molar-refractivity contribution in [1.82, 2.24) is 19.2 Å². The highest BCUT2D eigenvalue weighted by molar-refractivity contribution is 5.85. The van der Waals surface area contributed by atoms with Crippen molar-refractivity contribution < 1.29 is 27.8 Å². The lowest BCUT2D eigenvalue weighted by Crippen LogP contribution is -2.55. The van der Waals surface area contributed by atoms with Gasteiger partial charge in [0.25, 0.3) is 5.56 Å². The van der Waals surface area contributed by atoms with E-state index < -0.39 is 24.6 Å². The van der Waals surface area contributed by atoms with Crippen LogP contribution in [0.25, 0.3) is 22.0 Å². The van der Waals surface area contributed by atoms with Gasteiger partial charge in [-0.2, -0.15) is 8.78 Å². The molecule has 40 heavy (non-hydrogen) atoms. The molecule has 4 aromatic rings. The first-order valence-corrected chi connectivity index (χ1v) is 12.7. The van der Waals surface area contributed by atoms with E-state index in [2.05, 4.69) is 9.72 Å². The number of amides is 1. The predicted octanol–water partition coefficient (Wildman–Crippen LogP) is 3.22. The van der Waals surface area contributed by atoms with Gasteiger partial charge in [0.15, 0.2) is 0 Å². The Morgan fingerprint density at radius 3 is 2.62 bits per heavy atom. The molecule has 1 saturated heterocycles.